The van der Waals surface area contributed by atoms with Gasteiger partial charge in [0, 0.05) is 22.3 Å². The minimum atomic E-state index is -4.44. The van der Waals surface area contributed by atoms with Crippen molar-refractivity contribution in [3.63, 3.8) is 0 Å². The van der Waals surface area contributed by atoms with E-state index in [0.29, 0.717) is 33.4 Å². The number of Topliss-reactive ketones (excluding diaryl/α,β-unsaturated/α-hetero) is 1. The fourth-order valence-electron chi connectivity index (χ4n) is 4.45. The Kier molecular flexibility index (Phi) is 7.80. The Labute approximate surface area is 227 Å². The van der Waals surface area contributed by atoms with Crippen molar-refractivity contribution in [2.24, 2.45) is 0 Å². The second-order valence-electron chi connectivity index (χ2n) is 8.55. The summed E-state index contributed by atoms with van der Waals surface area (Å²) in [6, 6.07) is 19.9. The van der Waals surface area contributed by atoms with Gasteiger partial charge in [-0.2, -0.15) is 16.8 Å². The van der Waals surface area contributed by atoms with Crippen LogP contribution >= 0.6 is 0 Å². The van der Waals surface area contributed by atoms with E-state index < -0.39 is 20.2 Å². The van der Waals surface area contributed by atoms with Gasteiger partial charge in [0.05, 0.1) is 9.79 Å². The summed E-state index contributed by atoms with van der Waals surface area (Å²) < 4.78 is 65.3. The van der Waals surface area contributed by atoms with Crippen LogP contribution in [-0.4, -0.2) is 31.7 Å². The van der Waals surface area contributed by atoms with Crippen LogP contribution in [0.3, 0.4) is 0 Å². The highest BCUT2D eigenvalue weighted by molar-refractivity contribution is 7.86. The first-order chi connectivity index (χ1) is 18.5. The molecule has 0 saturated carbocycles. The number of hydrogen-bond donors (Lipinski definition) is 2. The first-order valence-electron chi connectivity index (χ1n) is 11.7. The van der Waals surface area contributed by atoms with Crippen molar-refractivity contribution < 1.29 is 30.7 Å². The Morgan fingerprint density at radius 3 is 1.59 bits per heavy atom. The van der Waals surface area contributed by atoms with Crippen molar-refractivity contribution in [1.29, 1.82) is 0 Å². The predicted octanol–water partition coefficient (Wildman–Crippen LogP) is 5.82. The summed E-state index contributed by atoms with van der Waals surface area (Å²) in [5.74, 6) is -0.373. The standard InChI is InChI=1S/C30H24O7S2/c1-3-8-20(9-4-2)26-27(21-10-6-5-7-11-21)29(23-14-18-25(19-15-23)39(35,36)37)30(31)28(26)22-12-16-24(17-13-22)38(32,33)34/h3-19H,1H2,2H3,(H,32,33,34)(H,35,36,37)/b9-4-,20-8+. The Bertz CT molecular complexity index is 1790. The van der Waals surface area contributed by atoms with Crippen molar-refractivity contribution in [3.05, 3.63) is 138 Å². The molecule has 0 bridgehead atoms. The first kappa shape index (κ1) is 27.9. The van der Waals surface area contributed by atoms with Gasteiger partial charge < -0.3 is 0 Å². The summed E-state index contributed by atoms with van der Waals surface area (Å²) in [6.07, 6.45) is 6.98. The van der Waals surface area contributed by atoms with E-state index in [-0.39, 0.29) is 21.1 Å². The zero-order valence-corrected chi connectivity index (χ0v) is 22.4. The lowest BCUT2D eigenvalue weighted by atomic mass is 9.88. The third-order valence-corrected chi connectivity index (χ3v) is 7.82. The van der Waals surface area contributed by atoms with Gasteiger partial charge in [0.15, 0.2) is 5.78 Å². The molecule has 0 amide bonds. The Hall–Kier alpha value is -4.15. The predicted molar refractivity (Wildman–Crippen MR) is 151 cm³/mol. The van der Waals surface area contributed by atoms with Gasteiger partial charge in [-0.1, -0.05) is 85.5 Å². The molecule has 3 aromatic rings. The van der Waals surface area contributed by atoms with Crippen LogP contribution in [0.15, 0.2) is 131 Å². The number of allylic oxidation sites excluding steroid dienone is 9. The van der Waals surface area contributed by atoms with Crippen molar-refractivity contribution in [2.45, 2.75) is 16.7 Å². The number of rotatable bonds is 8. The van der Waals surface area contributed by atoms with Gasteiger partial charge in [0.25, 0.3) is 20.2 Å². The molecule has 198 valence electrons. The third kappa shape index (κ3) is 5.67. The van der Waals surface area contributed by atoms with Crippen LogP contribution in [0.1, 0.15) is 23.6 Å². The van der Waals surface area contributed by atoms with E-state index in [2.05, 4.69) is 6.58 Å². The van der Waals surface area contributed by atoms with E-state index in [1.807, 2.05) is 49.4 Å². The van der Waals surface area contributed by atoms with E-state index in [9.17, 15) is 30.7 Å². The molecule has 0 atom stereocenters. The van der Waals surface area contributed by atoms with E-state index in [1.165, 1.54) is 48.5 Å². The number of ketones is 1. The number of carbonyl (C=O) groups excluding carboxylic acids is 1. The molecule has 2 N–H and O–H groups in total. The van der Waals surface area contributed by atoms with Crippen molar-refractivity contribution in [2.75, 3.05) is 0 Å². The van der Waals surface area contributed by atoms with Gasteiger partial charge in [-0.25, -0.2) is 0 Å². The first-order valence-corrected chi connectivity index (χ1v) is 14.6. The zero-order chi connectivity index (χ0) is 28.4. The van der Waals surface area contributed by atoms with Gasteiger partial charge >= 0.3 is 0 Å². The highest BCUT2D eigenvalue weighted by Gasteiger charge is 2.36. The summed E-state index contributed by atoms with van der Waals surface area (Å²) in [5.41, 5.74) is 3.96. The average molecular weight is 561 g/mol. The van der Waals surface area contributed by atoms with Crippen LogP contribution in [0, 0.1) is 0 Å². The lowest BCUT2D eigenvalue weighted by molar-refractivity contribution is -0.108. The van der Waals surface area contributed by atoms with Crippen LogP contribution in [0.25, 0.3) is 16.7 Å². The zero-order valence-electron chi connectivity index (χ0n) is 20.8. The Morgan fingerprint density at radius 1 is 0.692 bits per heavy atom. The SMILES string of the molecule is C=C/C=C(\C=C/C)C1=C(c2ccc(S(=O)(=O)O)cc2)C(=O)C(c2ccc(S(=O)(=O)O)cc2)=C1c1ccccc1. The maximum atomic E-state index is 14.2. The van der Waals surface area contributed by atoms with Crippen molar-refractivity contribution in [3.8, 4) is 0 Å². The quantitative estimate of drug-likeness (QED) is 0.263. The second-order valence-corrected chi connectivity index (χ2v) is 11.4. The Balaban J connectivity index is 2.08. The van der Waals surface area contributed by atoms with Crippen molar-refractivity contribution in [1.82, 2.24) is 0 Å². The maximum Gasteiger partial charge on any atom is 0.294 e. The summed E-state index contributed by atoms with van der Waals surface area (Å²) in [4.78, 5) is 13.6. The molecule has 0 aromatic heterocycles. The van der Waals surface area contributed by atoms with Crippen LogP contribution in [0.4, 0.5) is 0 Å². The van der Waals surface area contributed by atoms with E-state index in [4.69, 9.17) is 0 Å². The topological polar surface area (TPSA) is 126 Å². The molecule has 1 aliphatic rings. The summed E-state index contributed by atoms with van der Waals surface area (Å²) in [6.45, 7) is 5.64. The average Bonchev–Trinajstić information content (AvgIpc) is 3.20. The fourth-order valence-corrected chi connectivity index (χ4v) is 5.41. The molecule has 3 aromatic carbocycles. The molecular weight excluding hydrogens is 536 g/mol. The van der Waals surface area contributed by atoms with Gasteiger partial charge in [-0.3, -0.25) is 13.9 Å². The molecular formula is C30H24O7S2. The molecule has 7 nitrogen and oxygen atoms in total. The van der Waals surface area contributed by atoms with E-state index in [1.54, 1.807) is 12.2 Å². The summed E-state index contributed by atoms with van der Waals surface area (Å²) in [7, 11) is -8.89. The van der Waals surface area contributed by atoms with E-state index in [0.717, 1.165) is 5.56 Å². The second kappa shape index (κ2) is 10.9. The third-order valence-electron chi connectivity index (χ3n) is 6.08. The highest BCUT2D eigenvalue weighted by Crippen LogP contribution is 2.48. The molecule has 0 unspecified atom stereocenters. The molecule has 4 rings (SSSR count). The molecule has 0 saturated heterocycles. The number of carbonyl (C=O) groups is 1. The van der Waals surface area contributed by atoms with Crippen LogP contribution in [-0.2, 0) is 25.0 Å². The van der Waals surface area contributed by atoms with Crippen molar-refractivity contribution >= 4 is 42.7 Å². The maximum absolute atomic E-state index is 14.2. The van der Waals surface area contributed by atoms with E-state index >= 15 is 0 Å². The smallest absolute Gasteiger partial charge is 0.289 e. The van der Waals surface area contributed by atoms with Gasteiger partial charge in [0.1, 0.15) is 0 Å². The normalized spacial score (nSPS) is 14.9. The minimum Gasteiger partial charge on any atom is -0.289 e. The van der Waals surface area contributed by atoms with Gasteiger partial charge in [-0.15, -0.1) is 0 Å². The largest absolute Gasteiger partial charge is 0.294 e. The lowest BCUT2D eigenvalue weighted by Crippen LogP contribution is -2.04. The monoisotopic (exact) mass is 560 g/mol. The molecule has 9 heteroatoms. The molecule has 39 heavy (non-hydrogen) atoms. The molecule has 0 aliphatic heterocycles. The van der Waals surface area contributed by atoms with Crippen LogP contribution in [0.5, 0.6) is 0 Å². The van der Waals surface area contributed by atoms with Gasteiger partial charge in [-0.05, 0) is 53.5 Å². The minimum absolute atomic E-state index is 0.288. The molecule has 0 fully saturated rings. The molecule has 0 heterocycles. The van der Waals surface area contributed by atoms with Crippen LogP contribution < -0.4 is 0 Å². The Morgan fingerprint density at radius 2 is 1.15 bits per heavy atom. The fraction of sp³-hybridized carbons (Fsp3) is 0.0333. The molecule has 1 aliphatic carbocycles. The molecule has 0 spiro atoms. The lowest BCUT2D eigenvalue weighted by Gasteiger charge is -2.14. The highest BCUT2D eigenvalue weighted by atomic mass is 32.2. The number of benzene rings is 3. The number of hydrogen-bond acceptors (Lipinski definition) is 5. The van der Waals surface area contributed by atoms with Gasteiger partial charge in [0.2, 0.25) is 0 Å². The summed E-state index contributed by atoms with van der Waals surface area (Å²) >= 11 is 0. The van der Waals surface area contributed by atoms with Crippen LogP contribution in [0.2, 0.25) is 0 Å². The molecule has 0 radical (unpaired) electrons. The summed E-state index contributed by atoms with van der Waals surface area (Å²) in [5, 5.41) is 0.